The molecule has 3 aromatic heterocycles. The molecule has 0 amide bonds. The summed E-state index contributed by atoms with van der Waals surface area (Å²) in [5.41, 5.74) is 2.87. The number of ether oxygens (including phenoxy) is 1. The van der Waals surface area contributed by atoms with E-state index in [0.717, 1.165) is 11.3 Å². The Hall–Kier alpha value is -3.33. The molecule has 4 rings (SSSR count). The second kappa shape index (κ2) is 7.35. The summed E-state index contributed by atoms with van der Waals surface area (Å²) >= 11 is 6.12. The minimum absolute atomic E-state index is 0.0476. The van der Waals surface area contributed by atoms with Crippen LogP contribution in [0.4, 0.5) is 0 Å². The van der Waals surface area contributed by atoms with Crippen LogP contribution in [0.25, 0.3) is 17.2 Å². The number of benzene rings is 1. The summed E-state index contributed by atoms with van der Waals surface area (Å²) in [6.07, 6.45) is 1.47. The van der Waals surface area contributed by atoms with Crippen molar-refractivity contribution in [3.63, 3.8) is 0 Å². The summed E-state index contributed by atoms with van der Waals surface area (Å²) in [4.78, 5) is 24.9. The van der Waals surface area contributed by atoms with Crippen LogP contribution in [0.1, 0.15) is 22.8 Å². The van der Waals surface area contributed by atoms with Gasteiger partial charge in [0.15, 0.2) is 6.61 Å². The van der Waals surface area contributed by atoms with E-state index in [4.69, 9.17) is 20.9 Å². The number of carbonyl (C=O) groups is 1. The normalized spacial score (nSPS) is 11.1. The monoisotopic (exact) mass is 398 g/mol. The molecular formula is C18H15ClN6O3. The summed E-state index contributed by atoms with van der Waals surface area (Å²) in [5.74, 6) is 0.570. The van der Waals surface area contributed by atoms with Gasteiger partial charge in [0.2, 0.25) is 5.82 Å². The standard InChI is InChI=1S/C18H15ClN6O3/c1-10-13(11(2)25-18(22-10)20-9-21-25)7-16(26)27-8-15-23-17(24-28-15)12-5-3-4-6-14(12)19/h3-6,9H,7-8H2,1-2H3. The van der Waals surface area contributed by atoms with Crippen molar-refractivity contribution in [3.05, 3.63) is 58.5 Å². The van der Waals surface area contributed by atoms with Crippen LogP contribution in [0.15, 0.2) is 35.1 Å². The molecule has 3 heterocycles. The van der Waals surface area contributed by atoms with Crippen LogP contribution in [0.3, 0.4) is 0 Å². The van der Waals surface area contributed by atoms with E-state index in [1.165, 1.54) is 6.33 Å². The van der Waals surface area contributed by atoms with Crippen molar-refractivity contribution in [2.24, 2.45) is 0 Å². The smallest absolute Gasteiger partial charge is 0.310 e. The average Bonchev–Trinajstić information content (AvgIpc) is 3.33. The van der Waals surface area contributed by atoms with E-state index in [1.807, 2.05) is 26.0 Å². The molecule has 1 aromatic carbocycles. The lowest BCUT2D eigenvalue weighted by atomic mass is 10.1. The van der Waals surface area contributed by atoms with Gasteiger partial charge in [-0.15, -0.1) is 0 Å². The fourth-order valence-electron chi connectivity index (χ4n) is 2.81. The molecule has 0 aliphatic rings. The third kappa shape index (κ3) is 3.44. The first-order valence-electron chi connectivity index (χ1n) is 8.42. The van der Waals surface area contributed by atoms with Crippen LogP contribution >= 0.6 is 11.6 Å². The second-order valence-electron chi connectivity index (χ2n) is 6.06. The van der Waals surface area contributed by atoms with Crippen molar-refractivity contribution in [1.82, 2.24) is 29.7 Å². The summed E-state index contributed by atoms with van der Waals surface area (Å²) in [7, 11) is 0. The predicted octanol–water partition coefficient (Wildman–Crippen LogP) is 2.73. The Kier molecular flexibility index (Phi) is 4.74. The highest BCUT2D eigenvalue weighted by Gasteiger charge is 2.17. The summed E-state index contributed by atoms with van der Waals surface area (Å²) in [6.45, 7) is 3.54. The Bertz CT molecular complexity index is 1170. The van der Waals surface area contributed by atoms with E-state index in [2.05, 4.69) is 25.2 Å². The van der Waals surface area contributed by atoms with Gasteiger partial charge in [0.1, 0.15) is 6.33 Å². The van der Waals surface area contributed by atoms with Crippen LogP contribution in [0, 0.1) is 13.8 Å². The van der Waals surface area contributed by atoms with E-state index >= 15 is 0 Å². The van der Waals surface area contributed by atoms with E-state index in [-0.39, 0.29) is 18.9 Å². The van der Waals surface area contributed by atoms with Crippen molar-refractivity contribution < 1.29 is 14.1 Å². The van der Waals surface area contributed by atoms with E-state index in [1.54, 1.807) is 16.6 Å². The van der Waals surface area contributed by atoms with Crippen LogP contribution in [-0.4, -0.2) is 35.7 Å². The Morgan fingerprint density at radius 2 is 2.07 bits per heavy atom. The number of fused-ring (bicyclic) bond motifs is 1. The topological polar surface area (TPSA) is 108 Å². The molecule has 0 saturated heterocycles. The van der Waals surface area contributed by atoms with Crippen LogP contribution in [-0.2, 0) is 22.6 Å². The Balaban J connectivity index is 1.44. The molecule has 0 unspecified atom stereocenters. The van der Waals surface area contributed by atoms with Crippen molar-refractivity contribution in [1.29, 1.82) is 0 Å². The van der Waals surface area contributed by atoms with Crippen LogP contribution in [0.2, 0.25) is 5.02 Å². The molecule has 28 heavy (non-hydrogen) atoms. The Morgan fingerprint density at radius 1 is 1.25 bits per heavy atom. The molecule has 10 heteroatoms. The largest absolute Gasteiger partial charge is 0.455 e. The minimum Gasteiger partial charge on any atom is -0.455 e. The molecule has 0 saturated carbocycles. The van der Waals surface area contributed by atoms with Gasteiger partial charge in [0, 0.05) is 22.5 Å². The quantitative estimate of drug-likeness (QED) is 0.472. The molecular weight excluding hydrogens is 384 g/mol. The fraction of sp³-hybridized carbons (Fsp3) is 0.222. The zero-order valence-corrected chi connectivity index (χ0v) is 15.8. The molecule has 0 N–H and O–H groups in total. The average molecular weight is 399 g/mol. The first kappa shape index (κ1) is 18.1. The highest BCUT2D eigenvalue weighted by Crippen LogP contribution is 2.25. The van der Waals surface area contributed by atoms with Crippen LogP contribution in [0.5, 0.6) is 0 Å². The van der Waals surface area contributed by atoms with Gasteiger partial charge >= 0.3 is 5.97 Å². The number of rotatable bonds is 5. The first-order chi connectivity index (χ1) is 13.5. The lowest BCUT2D eigenvalue weighted by Crippen LogP contribution is -2.13. The molecule has 0 spiro atoms. The summed E-state index contributed by atoms with van der Waals surface area (Å²) < 4.78 is 12.0. The highest BCUT2D eigenvalue weighted by atomic mass is 35.5. The number of hydrogen-bond donors (Lipinski definition) is 0. The van der Waals surface area contributed by atoms with E-state index in [9.17, 15) is 4.79 Å². The van der Waals surface area contributed by atoms with Gasteiger partial charge in [-0.1, -0.05) is 28.9 Å². The van der Waals surface area contributed by atoms with Crippen molar-refractivity contribution in [3.8, 4) is 11.4 Å². The van der Waals surface area contributed by atoms with Crippen molar-refractivity contribution >= 4 is 23.3 Å². The predicted molar refractivity (Wildman–Crippen MR) is 98.5 cm³/mol. The van der Waals surface area contributed by atoms with E-state index in [0.29, 0.717) is 27.9 Å². The number of nitrogens with zero attached hydrogens (tertiary/aromatic N) is 6. The van der Waals surface area contributed by atoms with Gasteiger partial charge in [0.05, 0.1) is 11.4 Å². The Morgan fingerprint density at radius 3 is 2.89 bits per heavy atom. The zero-order valence-electron chi connectivity index (χ0n) is 15.1. The number of carbonyl (C=O) groups excluding carboxylic acids is 1. The van der Waals surface area contributed by atoms with Gasteiger partial charge in [-0.05, 0) is 26.0 Å². The fourth-order valence-corrected chi connectivity index (χ4v) is 3.03. The lowest BCUT2D eigenvalue weighted by Gasteiger charge is -2.09. The lowest BCUT2D eigenvalue weighted by molar-refractivity contribution is -0.144. The molecule has 0 atom stereocenters. The summed E-state index contributed by atoms with van der Waals surface area (Å²) in [5, 5.41) is 8.49. The third-order valence-electron chi connectivity index (χ3n) is 4.25. The molecule has 0 aliphatic heterocycles. The minimum atomic E-state index is -0.440. The molecule has 0 fully saturated rings. The molecule has 0 bridgehead atoms. The maximum absolute atomic E-state index is 12.3. The number of halogens is 1. The second-order valence-corrected chi connectivity index (χ2v) is 6.47. The third-order valence-corrected chi connectivity index (χ3v) is 4.58. The summed E-state index contributed by atoms with van der Waals surface area (Å²) in [6, 6.07) is 7.14. The molecule has 9 nitrogen and oxygen atoms in total. The number of hydrogen-bond acceptors (Lipinski definition) is 8. The van der Waals surface area contributed by atoms with Crippen molar-refractivity contribution in [2.45, 2.75) is 26.9 Å². The molecule has 4 aromatic rings. The SMILES string of the molecule is Cc1nc2ncnn2c(C)c1CC(=O)OCc1nc(-c2ccccc2Cl)no1. The molecule has 142 valence electrons. The highest BCUT2D eigenvalue weighted by molar-refractivity contribution is 6.33. The number of aromatic nitrogens is 6. The van der Waals surface area contributed by atoms with Gasteiger partial charge in [-0.2, -0.15) is 15.1 Å². The zero-order chi connectivity index (χ0) is 19.7. The Labute approximate surface area is 164 Å². The number of esters is 1. The maximum atomic E-state index is 12.3. The number of aryl methyl sites for hydroxylation is 2. The van der Waals surface area contributed by atoms with E-state index < -0.39 is 5.97 Å². The van der Waals surface area contributed by atoms with Crippen molar-refractivity contribution in [2.75, 3.05) is 0 Å². The van der Waals surface area contributed by atoms with Gasteiger partial charge in [-0.25, -0.2) is 9.50 Å². The maximum Gasteiger partial charge on any atom is 0.310 e. The first-order valence-corrected chi connectivity index (χ1v) is 8.79. The molecule has 0 aliphatic carbocycles. The van der Waals surface area contributed by atoms with Gasteiger partial charge < -0.3 is 9.26 Å². The van der Waals surface area contributed by atoms with Crippen LogP contribution < -0.4 is 0 Å². The molecule has 0 radical (unpaired) electrons. The van der Waals surface area contributed by atoms with Gasteiger partial charge in [-0.3, -0.25) is 4.79 Å². The van der Waals surface area contributed by atoms with Gasteiger partial charge in [0.25, 0.3) is 11.7 Å².